The van der Waals surface area contributed by atoms with E-state index in [-0.39, 0.29) is 12.1 Å². The number of unbranched alkanes of at least 4 members (excludes halogenated alkanes) is 2. The molecule has 164 valence electrons. The van der Waals surface area contributed by atoms with E-state index in [1.54, 1.807) is 29.2 Å². The first-order valence-corrected chi connectivity index (χ1v) is 11.3. The molecule has 1 fully saturated rings. The molecule has 0 saturated heterocycles. The van der Waals surface area contributed by atoms with Gasteiger partial charge in [-0.3, -0.25) is 0 Å². The molecule has 0 heterocycles. The van der Waals surface area contributed by atoms with E-state index in [1.807, 2.05) is 7.05 Å². The van der Waals surface area contributed by atoms with E-state index in [0.717, 1.165) is 52.0 Å². The zero-order valence-electron chi connectivity index (χ0n) is 18.2. The number of amides is 1. The van der Waals surface area contributed by atoms with Crippen LogP contribution in [-0.4, -0.2) is 62.3 Å². The van der Waals surface area contributed by atoms with Gasteiger partial charge in [0, 0.05) is 31.3 Å². The summed E-state index contributed by atoms with van der Waals surface area (Å²) in [6.45, 7) is 6.02. The van der Waals surface area contributed by atoms with Crippen LogP contribution in [0.25, 0.3) is 0 Å². The van der Waals surface area contributed by atoms with Gasteiger partial charge in [0.15, 0.2) is 0 Å². The van der Waals surface area contributed by atoms with E-state index in [4.69, 9.17) is 21.1 Å². The molecule has 1 aromatic rings. The maximum Gasteiger partial charge on any atom is 0.415 e. The maximum absolute atomic E-state index is 12.4. The molecule has 1 amide bonds. The first-order chi connectivity index (χ1) is 14.0. The molecule has 1 saturated carbocycles. The Bertz CT molecular complexity index is 588. The lowest BCUT2D eigenvalue weighted by Crippen LogP contribution is -2.41. The Morgan fingerprint density at radius 2 is 1.76 bits per heavy atom. The summed E-state index contributed by atoms with van der Waals surface area (Å²) in [6, 6.07) is 7.10. The van der Waals surface area contributed by atoms with Gasteiger partial charge in [0.2, 0.25) is 0 Å². The van der Waals surface area contributed by atoms with E-state index >= 15 is 0 Å². The molecule has 0 N–H and O–H groups in total. The second kappa shape index (κ2) is 13.1. The minimum absolute atomic E-state index is 0.232. The van der Waals surface area contributed by atoms with E-state index in [1.165, 1.54) is 19.3 Å². The maximum atomic E-state index is 12.4. The van der Waals surface area contributed by atoms with Crippen LogP contribution in [0.15, 0.2) is 24.3 Å². The normalized spacial score (nSPS) is 19.3. The van der Waals surface area contributed by atoms with E-state index in [2.05, 4.69) is 18.9 Å². The highest BCUT2D eigenvalue weighted by atomic mass is 35.5. The van der Waals surface area contributed by atoms with Crippen LogP contribution in [-0.2, 0) is 4.74 Å². The highest BCUT2D eigenvalue weighted by molar-refractivity contribution is 6.30. The molecule has 0 aliphatic heterocycles. The lowest BCUT2D eigenvalue weighted by Gasteiger charge is -2.34. The second-order valence-corrected chi connectivity index (χ2v) is 8.63. The third kappa shape index (κ3) is 8.93. The number of ether oxygens (including phenoxy) is 2. The summed E-state index contributed by atoms with van der Waals surface area (Å²) >= 11 is 5.87. The van der Waals surface area contributed by atoms with Crippen molar-refractivity contribution in [3.8, 4) is 5.75 Å². The zero-order chi connectivity index (χ0) is 21.1. The molecule has 2 rings (SSSR count). The molecule has 6 heteroatoms. The molecule has 0 bridgehead atoms. The van der Waals surface area contributed by atoms with Crippen LogP contribution in [0, 0.1) is 5.92 Å². The summed E-state index contributed by atoms with van der Waals surface area (Å²) in [5, 5.41) is 0.627. The zero-order valence-corrected chi connectivity index (χ0v) is 19.0. The number of rotatable bonds is 11. The molecule has 1 aliphatic carbocycles. The van der Waals surface area contributed by atoms with Crippen molar-refractivity contribution in [2.24, 2.45) is 5.92 Å². The quantitative estimate of drug-likeness (QED) is 0.442. The lowest BCUT2D eigenvalue weighted by atomic mass is 9.86. The summed E-state index contributed by atoms with van der Waals surface area (Å²) in [7, 11) is 4.00. The fourth-order valence-electron chi connectivity index (χ4n) is 3.74. The van der Waals surface area contributed by atoms with Gasteiger partial charge in [-0.25, -0.2) is 4.79 Å². The van der Waals surface area contributed by atoms with Crippen molar-refractivity contribution in [3.63, 3.8) is 0 Å². The SMILES string of the molecule is CCCCCN(C)CCOCC1CCC(N(C)C(=O)Oc2ccc(Cl)cc2)CC1. The smallest absolute Gasteiger partial charge is 0.410 e. The number of carbonyl (C=O) groups excluding carboxylic acids is 1. The van der Waals surface area contributed by atoms with Crippen molar-refractivity contribution in [1.29, 1.82) is 0 Å². The van der Waals surface area contributed by atoms with Crippen LogP contribution in [0.4, 0.5) is 4.79 Å². The molecule has 0 spiro atoms. The van der Waals surface area contributed by atoms with Gasteiger partial charge in [-0.05, 0) is 75.9 Å². The van der Waals surface area contributed by atoms with Crippen molar-refractivity contribution in [2.75, 3.05) is 40.4 Å². The Hall–Kier alpha value is -1.30. The van der Waals surface area contributed by atoms with Crippen LogP contribution < -0.4 is 4.74 Å². The van der Waals surface area contributed by atoms with E-state index in [0.29, 0.717) is 16.7 Å². The van der Waals surface area contributed by atoms with Crippen LogP contribution in [0.2, 0.25) is 5.02 Å². The number of halogens is 1. The Balaban J connectivity index is 1.60. The molecule has 0 unspecified atom stereocenters. The van der Waals surface area contributed by atoms with Gasteiger partial charge in [0.1, 0.15) is 5.75 Å². The van der Waals surface area contributed by atoms with Gasteiger partial charge in [-0.15, -0.1) is 0 Å². The van der Waals surface area contributed by atoms with Crippen molar-refractivity contribution in [2.45, 2.75) is 57.9 Å². The lowest BCUT2D eigenvalue weighted by molar-refractivity contribution is 0.0585. The number of likely N-dealkylation sites (N-methyl/N-ethyl adjacent to an activating group) is 1. The van der Waals surface area contributed by atoms with Gasteiger partial charge < -0.3 is 19.3 Å². The monoisotopic (exact) mass is 424 g/mol. The fourth-order valence-corrected chi connectivity index (χ4v) is 3.86. The highest BCUT2D eigenvalue weighted by Crippen LogP contribution is 2.28. The van der Waals surface area contributed by atoms with Crippen LogP contribution in [0.1, 0.15) is 51.9 Å². The molecule has 0 radical (unpaired) electrons. The first kappa shape index (κ1) is 24.0. The van der Waals surface area contributed by atoms with Crippen molar-refractivity contribution < 1.29 is 14.3 Å². The highest BCUT2D eigenvalue weighted by Gasteiger charge is 2.27. The predicted molar refractivity (Wildman–Crippen MR) is 119 cm³/mol. The number of carbonyl (C=O) groups is 1. The third-order valence-electron chi connectivity index (χ3n) is 5.79. The van der Waals surface area contributed by atoms with Gasteiger partial charge in [-0.2, -0.15) is 0 Å². The van der Waals surface area contributed by atoms with Crippen molar-refractivity contribution in [1.82, 2.24) is 9.80 Å². The topological polar surface area (TPSA) is 42.0 Å². The van der Waals surface area contributed by atoms with Gasteiger partial charge in [0.25, 0.3) is 0 Å². The Morgan fingerprint density at radius 1 is 1.07 bits per heavy atom. The summed E-state index contributed by atoms with van der Waals surface area (Å²) in [5.74, 6) is 1.12. The van der Waals surface area contributed by atoms with Crippen molar-refractivity contribution >= 4 is 17.7 Å². The molecule has 1 aliphatic rings. The molecular weight excluding hydrogens is 388 g/mol. The Kier molecular flexibility index (Phi) is 10.8. The van der Waals surface area contributed by atoms with Gasteiger partial charge in [0.05, 0.1) is 6.61 Å². The number of hydrogen-bond donors (Lipinski definition) is 0. The second-order valence-electron chi connectivity index (χ2n) is 8.19. The van der Waals surface area contributed by atoms with Crippen LogP contribution in [0.3, 0.4) is 0 Å². The minimum Gasteiger partial charge on any atom is -0.410 e. The summed E-state index contributed by atoms with van der Waals surface area (Å²) in [5.41, 5.74) is 0. The first-order valence-electron chi connectivity index (χ1n) is 11.0. The van der Waals surface area contributed by atoms with Gasteiger partial charge in [-0.1, -0.05) is 31.4 Å². The third-order valence-corrected chi connectivity index (χ3v) is 6.04. The number of nitrogens with zero attached hydrogens (tertiary/aromatic N) is 2. The predicted octanol–water partition coefficient (Wildman–Crippen LogP) is 5.47. The molecule has 0 aromatic heterocycles. The van der Waals surface area contributed by atoms with Gasteiger partial charge >= 0.3 is 6.09 Å². The van der Waals surface area contributed by atoms with E-state index < -0.39 is 0 Å². The summed E-state index contributed by atoms with van der Waals surface area (Å²) in [4.78, 5) is 16.5. The molecule has 0 atom stereocenters. The largest absolute Gasteiger partial charge is 0.415 e. The number of benzene rings is 1. The number of hydrogen-bond acceptors (Lipinski definition) is 4. The summed E-state index contributed by atoms with van der Waals surface area (Å²) < 4.78 is 11.4. The van der Waals surface area contributed by atoms with Crippen LogP contribution in [0.5, 0.6) is 5.75 Å². The average molecular weight is 425 g/mol. The Labute approximate surface area is 181 Å². The minimum atomic E-state index is -0.307. The fraction of sp³-hybridized carbons (Fsp3) is 0.696. The molecular formula is C23H37ClN2O3. The van der Waals surface area contributed by atoms with Crippen molar-refractivity contribution in [3.05, 3.63) is 29.3 Å². The molecule has 1 aromatic carbocycles. The summed E-state index contributed by atoms with van der Waals surface area (Å²) in [6.07, 6.45) is 7.71. The van der Waals surface area contributed by atoms with Crippen LogP contribution >= 0.6 is 11.6 Å². The van der Waals surface area contributed by atoms with E-state index in [9.17, 15) is 4.79 Å². The molecule has 29 heavy (non-hydrogen) atoms. The average Bonchev–Trinajstić information content (AvgIpc) is 2.73. The standard InChI is InChI=1S/C23H37ClN2O3/c1-4-5-6-15-25(2)16-17-28-18-19-7-11-21(12-8-19)26(3)23(27)29-22-13-9-20(24)10-14-22/h9-10,13-14,19,21H,4-8,11-12,15-18H2,1-3H3. The molecule has 5 nitrogen and oxygen atoms in total. The Morgan fingerprint density at radius 3 is 2.41 bits per heavy atom.